The van der Waals surface area contributed by atoms with Crippen LogP contribution < -0.4 is 10.0 Å². The first-order valence-corrected chi connectivity index (χ1v) is 12.2. The molecule has 5 nitrogen and oxygen atoms in total. The fraction of sp³-hybridized carbons (Fsp3) is 0.174. The van der Waals surface area contributed by atoms with Gasteiger partial charge in [-0.2, -0.15) is 0 Å². The first-order valence-electron chi connectivity index (χ1n) is 9.69. The number of sulfonamides is 1. The van der Waals surface area contributed by atoms with Gasteiger partial charge in [0.2, 0.25) is 15.9 Å². The molecule has 8 heteroatoms. The van der Waals surface area contributed by atoms with Crippen molar-refractivity contribution in [3.63, 3.8) is 0 Å². The summed E-state index contributed by atoms with van der Waals surface area (Å²) in [4.78, 5) is 13.8. The van der Waals surface area contributed by atoms with Crippen LogP contribution in [-0.2, 0) is 21.4 Å². The van der Waals surface area contributed by atoms with E-state index < -0.39 is 15.3 Å². The Morgan fingerprint density at radius 1 is 0.903 bits per heavy atom. The lowest BCUT2D eigenvalue weighted by atomic mass is 10.1. The van der Waals surface area contributed by atoms with Gasteiger partial charge in [-0.05, 0) is 35.4 Å². The van der Waals surface area contributed by atoms with Crippen molar-refractivity contribution in [2.75, 3.05) is 12.3 Å². The zero-order valence-electron chi connectivity index (χ0n) is 16.7. The molecule has 0 aromatic heterocycles. The third-order valence-corrected chi connectivity index (χ3v) is 7.01. The Morgan fingerprint density at radius 2 is 1.52 bits per heavy atom. The summed E-state index contributed by atoms with van der Waals surface area (Å²) in [5.74, 6) is -0.887. The molecule has 0 saturated heterocycles. The fourth-order valence-electron chi connectivity index (χ4n) is 2.80. The van der Waals surface area contributed by atoms with E-state index in [-0.39, 0.29) is 30.6 Å². The van der Waals surface area contributed by atoms with Crippen LogP contribution in [-0.4, -0.2) is 26.6 Å². The maximum Gasteiger partial charge on any atom is 0.238 e. The molecule has 0 aliphatic rings. The van der Waals surface area contributed by atoms with Gasteiger partial charge in [0.15, 0.2) is 0 Å². The minimum atomic E-state index is -3.60. The molecule has 3 rings (SSSR count). The van der Waals surface area contributed by atoms with Crippen LogP contribution in [0.25, 0.3) is 0 Å². The molecule has 2 N–H and O–H groups in total. The third-order valence-electron chi connectivity index (χ3n) is 4.42. The molecular weight excluding hydrogens is 435 g/mol. The summed E-state index contributed by atoms with van der Waals surface area (Å²) < 4.78 is 39.9. The number of nitrogens with one attached hydrogen (secondary N) is 2. The summed E-state index contributed by atoms with van der Waals surface area (Å²) in [5.41, 5.74) is 1.49. The largest absolute Gasteiger partial charge is 0.354 e. The SMILES string of the molecule is O=C(NCCS(=O)(=O)NCc1ccc(F)cc1)C(Sc1ccccc1)c1ccccc1. The number of carbonyl (C=O) groups excluding carboxylic acids is 1. The molecule has 1 amide bonds. The van der Waals surface area contributed by atoms with Gasteiger partial charge in [-0.25, -0.2) is 17.5 Å². The van der Waals surface area contributed by atoms with Crippen molar-refractivity contribution >= 4 is 27.7 Å². The molecule has 0 saturated carbocycles. The molecule has 3 aromatic carbocycles. The first kappa shape index (κ1) is 23.0. The molecule has 3 aromatic rings. The Kier molecular flexibility index (Phi) is 8.22. The van der Waals surface area contributed by atoms with E-state index >= 15 is 0 Å². The predicted molar refractivity (Wildman–Crippen MR) is 122 cm³/mol. The average Bonchev–Trinajstić information content (AvgIpc) is 2.78. The standard InChI is InChI=1S/C23H23FN2O3S2/c24-20-13-11-18(12-14-20)17-26-31(28,29)16-15-25-23(27)22(19-7-3-1-4-8-19)30-21-9-5-2-6-10-21/h1-14,22,26H,15-17H2,(H,25,27). The van der Waals surface area contributed by atoms with Gasteiger partial charge in [0.1, 0.15) is 11.1 Å². The molecule has 0 bridgehead atoms. The van der Waals surface area contributed by atoms with Crippen LogP contribution >= 0.6 is 11.8 Å². The summed E-state index contributed by atoms with van der Waals surface area (Å²) >= 11 is 1.41. The predicted octanol–water partition coefficient (Wildman–Crippen LogP) is 3.89. The Hall–Kier alpha value is -2.68. The maximum absolute atomic E-state index is 12.9. The van der Waals surface area contributed by atoms with E-state index in [4.69, 9.17) is 0 Å². The number of carbonyl (C=O) groups is 1. The zero-order valence-corrected chi connectivity index (χ0v) is 18.3. The third kappa shape index (κ3) is 7.50. The van der Waals surface area contributed by atoms with Crippen molar-refractivity contribution in [3.8, 4) is 0 Å². The van der Waals surface area contributed by atoms with Crippen LogP contribution in [0.3, 0.4) is 0 Å². The van der Waals surface area contributed by atoms with E-state index in [9.17, 15) is 17.6 Å². The van der Waals surface area contributed by atoms with E-state index in [1.54, 1.807) is 0 Å². The van der Waals surface area contributed by atoms with Crippen molar-refractivity contribution in [2.45, 2.75) is 16.7 Å². The first-order chi connectivity index (χ1) is 14.9. The second-order valence-corrected chi connectivity index (χ2v) is 9.88. The van der Waals surface area contributed by atoms with Crippen LogP contribution in [0.2, 0.25) is 0 Å². The minimum absolute atomic E-state index is 0.0176. The molecular formula is C23H23FN2O3S2. The van der Waals surface area contributed by atoms with Crippen LogP contribution in [0.4, 0.5) is 4.39 Å². The minimum Gasteiger partial charge on any atom is -0.354 e. The molecule has 1 unspecified atom stereocenters. The van der Waals surface area contributed by atoms with Crippen molar-refractivity contribution in [1.29, 1.82) is 0 Å². The van der Waals surface area contributed by atoms with Crippen LogP contribution in [0.5, 0.6) is 0 Å². The van der Waals surface area contributed by atoms with Crippen LogP contribution in [0.15, 0.2) is 89.8 Å². The topological polar surface area (TPSA) is 75.3 Å². The number of thioether (sulfide) groups is 1. The highest BCUT2D eigenvalue weighted by Gasteiger charge is 2.22. The summed E-state index contributed by atoms with van der Waals surface area (Å²) in [6, 6.07) is 24.5. The van der Waals surface area contributed by atoms with Gasteiger partial charge >= 0.3 is 0 Å². The summed E-state index contributed by atoms with van der Waals surface area (Å²) in [7, 11) is -3.60. The van der Waals surface area contributed by atoms with Crippen molar-refractivity contribution in [2.24, 2.45) is 0 Å². The molecule has 31 heavy (non-hydrogen) atoms. The number of hydrogen-bond donors (Lipinski definition) is 2. The Bertz CT molecular complexity index is 1080. The van der Waals surface area contributed by atoms with Gasteiger partial charge in [-0.1, -0.05) is 60.7 Å². The highest BCUT2D eigenvalue weighted by Crippen LogP contribution is 2.35. The second kappa shape index (κ2) is 11.1. The second-order valence-electron chi connectivity index (χ2n) is 6.78. The highest BCUT2D eigenvalue weighted by molar-refractivity contribution is 8.00. The molecule has 0 aliphatic heterocycles. The van der Waals surface area contributed by atoms with E-state index in [1.165, 1.54) is 36.0 Å². The number of hydrogen-bond acceptors (Lipinski definition) is 4. The smallest absolute Gasteiger partial charge is 0.238 e. The van der Waals surface area contributed by atoms with Gasteiger partial charge in [-0.3, -0.25) is 4.79 Å². The lowest BCUT2D eigenvalue weighted by Crippen LogP contribution is -2.35. The fourth-order valence-corrected chi connectivity index (χ4v) is 4.78. The van der Waals surface area contributed by atoms with E-state index in [0.717, 1.165) is 10.5 Å². The van der Waals surface area contributed by atoms with E-state index in [1.807, 2.05) is 60.7 Å². The van der Waals surface area contributed by atoms with Crippen molar-refractivity contribution in [1.82, 2.24) is 10.0 Å². The number of rotatable bonds is 10. The zero-order chi connectivity index (χ0) is 22.1. The highest BCUT2D eigenvalue weighted by atomic mass is 32.2. The molecule has 0 spiro atoms. The molecule has 0 heterocycles. The molecule has 162 valence electrons. The lowest BCUT2D eigenvalue weighted by Gasteiger charge is -2.17. The lowest BCUT2D eigenvalue weighted by molar-refractivity contribution is -0.120. The Balaban J connectivity index is 1.56. The summed E-state index contributed by atoms with van der Waals surface area (Å²) in [6.45, 7) is 0.0450. The van der Waals surface area contributed by atoms with Gasteiger partial charge in [0, 0.05) is 18.0 Å². The molecule has 0 radical (unpaired) electrons. The molecule has 0 fully saturated rings. The quantitative estimate of drug-likeness (QED) is 0.452. The number of amides is 1. The van der Waals surface area contributed by atoms with Gasteiger partial charge in [0.25, 0.3) is 0 Å². The van der Waals surface area contributed by atoms with E-state index in [2.05, 4.69) is 10.0 Å². The maximum atomic E-state index is 12.9. The normalized spacial score (nSPS) is 12.3. The molecule has 0 aliphatic carbocycles. The Morgan fingerprint density at radius 3 is 2.16 bits per heavy atom. The number of benzene rings is 3. The summed E-state index contributed by atoms with van der Waals surface area (Å²) in [5, 5.41) is 2.23. The van der Waals surface area contributed by atoms with Gasteiger partial charge in [-0.15, -0.1) is 11.8 Å². The Labute approximate surface area is 186 Å². The summed E-state index contributed by atoms with van der Waals surface area (Å²) in [6.07, 6.45) is 0. The monoisotopic (exact) mass is 458 g/mol. The molecule has 1 atom stereocenters. The van der Waals surface area contributed by atoms with Crippen LogP contribution in [0.1, 0.15) is 16.4 Å². The van der Waals surface area contributed by atoms with Crippen molar-refractivity contribution in [3.05, 3.63) is 102 Å². The van der Waals surface area contributed by atoms with Gasteiger partial charge < -0.3 is 5.32 Å². The van der Waals surface area contributed by atoms with Crippen LogP contribution in [0, 0.1) is 5.82 Å². The van der Waals surface area contributed by atoms with Crippen molar-refractivity contribution < 1.29 is 17.6 Å². The van der Waals surface area contributed by atoms with Gasteiger partial charge in [0.05, 0.1) is 5.75 Å². The number of halogens is 1. The average molecular weight is 459 g/mol. The van der Waals surface area contributed by atoms with E-state index in [0.29, 0.717) is 5.56 Å².